The van der Waals surface area contributed by atoms with Crippen molar-refractivity contribution in [2.45, 2.75) is 51.6 Å². The second kappa shape index (κ2) is 14.4. The van der Waals surface area contributed by atoms with E-state index < -0.39 is 0 Å². The molecule has 1 saturated carbocycles. The molecular formula is C20H39IN4O3. The molecule has 1 amide bonds. The molecule has 2 atom stereocenters. The zero-order valence-electron chi connectivity index (χ0n) is 17.7. The van der Waals surface area contributed by atoms with E-state index in [1.54, 1.807) is 19.0 Å². The molecule has 164 valence electrons. The van der Waals surface area contributed by atoms with Crippen molar-refractivity contribution in [3.8, 4) is 0 Å². The Hall–Kier alpha value is -0.610. The zero-order valence-corrected chi connectivity index (χ0v) is 20.1. The number of halogens is 1. The van der Waals surface area contributed by atoms with E-state index in [2.05, 4.69) is 22.5 Å². The SMILES string of the molecule is CCOC(CCNC(=NCC(=O)N(C)C)NCC1CCOC1)C1CCCC1.I. The van der Waals surface area contributed by atoms with E-state index in [4.69, 9.17) is 9.47 Å². The molecule has 1 aliphatic carbocycles. The van der Waals surface area contributed by atoms with Crippen LogP contribution in [-0.2, 0) is 14.3 Å². The molecule has 1 aliphatic heterocycles. The molecule has 28 heavy (non-hydrogen) atoms. The molecule has 0 aromatic heterocycles. The van der Waals surface area contributed by atoms with Crippen LogP contribution >= 0.6 is 24.0 Å². The minimum atomic E-state index is -0.00144. The number of guanidine groups is 1. The number of hydrogen-bond donors (Lipinski definition) is 2. The summed E-state index contributed by atoms with van der Waals surface area (Å²) >= 11 is 0. The molecule has 8 heteroatoms. The molecule has 2 unspecified atom stereocenters. The van der Waals surface area contributed by atoms with Gasteiger partial charge in [-0.2, -0.15) is 0 Å². The van der Waals surface area contributed by atoms with Gasteiger partial charge < -0.3 is 25.0 Å². The molecule has 0 spiro atoms. The average Bonchev–Trinajstić information content (AvgIpc) is 3.36. The predicted octanol–water partition coefficient (Wildman–Crippen LogP) is 2.25. The summed E-state index contributed by atoms with van der Waals surface area (Å²) in [5.74, 6) is 1.90. The van der Waals surface area contributed by atoms with Crippen molar-refractivity contribution in [1.82, 2.24) is 15.5 Å². The monoisotopic (exact) mass is 510 g/mol. The molecular weight excluding hydrogens is 471 g/mol. The maximum atomic E-state index is 11.9. The number of nitrogens with zero attached hydrogens (tertiary/aromatic N) is 2. The molecule has 0 radical (unpaired) electrons. The maximum Gasteiger partial charge on any atom is 0.243 e. The first-order valence-corrected chi connectivity index (χ1v) is 10.5. The Morgan fingerprint density at radius 1 is 1.25 bits per heavy atom. The molecule has 1 saturated heterocycles. The Morgan fingerprint density at radius 2 is 2.00 bits per heavy atom. The van der Waals surface area contributed by atoms with E-state index in [9.17, 15) is 4.79 Å². The fourth-order valence-electron chi connectivity index (χ4n) is 3.78. The quantitative estimate of drug-likeness (QED) is 0.268. The van der Waals surface area contributed by atoms with Gasteiger partial charge in [-0.05, 0) is 38.5 Å². The third-order valence-electron chi connectivity index (χ3n) is 5.48. The average molecular weight is 510 g/mol. The highest BCUT2D eigenvalue weighted by Gasteiger charge is 2.25. The molecule has 0 aromatic carbocycles. The third kappa shape index (κ3) is 9.26. The highest BCUT2D eigenvalue weighted by molar-refractivity contribution is 14.0. The number of likely N-dealkylation sites (N-methyl/N-ethyl adjacent to an activating group) is 1. The molecule has 2 N–H and O–H groups in total. The lowest BCUT2D eigenvalue weighted by Gasteiger charge is -2.24. The summed E-state index contributed by atoms with van der Waals surface area (Å²) in [6, 6.07) is 0. The van der Waals surface area contributed by atoms with Crippen molar-refractivity contribution in [2.24, 2.45) is 16.8 Å². The van der Waals surface area contributed by atoms with Gasteiger partial charge in [0.15, 0.2) is 5.96 Å². The maximum absolute atomic E-state index is 11.9. The van der Waals surface area contributed by atoms with Crippen LogP contribution in [0.15, 0.2) is 4.99 Å². The van der Waals surface area contributed by atoms with Crippen molar-refractivity contribution in [1.29, 1.82) is 0 Å². The second-order valence-corrected chi connectivity index (χ2v) is 7.82. The van der Waals surface area contributed by atoms with Gasteiger partial charge in [-0.1, -0.05) is 12.8 Å². The number of nitrogens with one attached hydrogen (secondary N) is 2. The number of ether oxygens (including phenoxy) is 2. The van der Waals surface area contributed by atoms with E-state index >= 15 is 0 Å². The van der Waals surface area contributed by atoms with Gasteiger partial charge in [0, 0.05) is 46.3 Å². The minimum Gasteiger partial charge on any atom is -0.381 e. The van der Waals surface area contributed by atoms with Crippen molar-refractivity contribution in [2.75, 3.05) is 53.6 Å². The third-order valence-corrected chi connectivity index (χ3v) is 5.48. The summed E-state index contributed by atoms with van der Waals surface area (Å²) in [6.07, 6.45) is 7.57. The van der Waals surface area contributed by atoms with Crippen LogP contribution in [0.25, 0.3) is 0 Å². The van der Waals surface area contributed by atoms with E-state index in [1.807, 2.05) is 0 Å². The second-order valence-electron chi connectivity index (χ2n) is 7.82. The largest absolute Gasteiger partial charge is 0.381 e. The molecule has 2 fully saturated rings. The molecule has 1 heterocycles. The topological polar surface area (TPSA) is 75.2 Å². The van der Waals surface area contributed by atoms with Crippen LogP contribution in [0.1, 0.15) is 45.4 Å². The van der Waals surface area contributed by atoms with Gasteiger partial charge in [-0.3, -0.25) is 4.79 Å². The summed E-state index contributed by atoms with van der Waals surface area (Å²) in [5.41, 5.74) is 0. The molecule has 2 rings (SSSR count). The van der Waals surface area contributed by atoms with Crippen LogP contribution in [0.3, 0.4) is 0 Å². The van der Waals surface area contributed by atoms with Crippen molar-refractivity contribution in [3.63, 3.8) is 0 Å². The Morgan fingerprint density at radius 3 is 2.61 bits per heavy atom. The molecule has 7 nitrogen and oxygen atoms in total. The summed E-state index contributed by atoms with van der Waals surface area (Å²) in [7, 11) is 3.51. The van der Waals surface area contributed by atoms with Crippen LogP contribution in [-0.4, -0.2) is 76.4 Å². The Kier molecular flexibility index (Phi) is 13.1. The van der Waals surface area contributed by atoms with E-state index in [0.717, 1.165) is 45.8 Å². The highest BCUT2D eigenvalue weighted by Crippen LogP contribution is 2.30. The predicted molar refractivity (Wildman–Crippen MR) is 123 cm³/mol. The Balaban J connectivity index is 0.00000392. The highest BCUT2D eigenvalue weighted by atomic mass is 127. The number of carbonyl (C=O) groups is 1. The summed E-state index contributed by atoms with van der Waals surface area (Å²) in [6.45, 7) is 6.23. The van der Waals surface area contributed by atoms with Crippen molar-refractivity contribution < 1.29 is 14.3 Å². The van der Waals surface area contributed by atoms with Crippen molar-refractivity contribution >= 4 is 35.8 Å². The van der Waals surface area contributed by atoms with Crippen LogP contribution < -0.4 is 10.6 Å². The standard InChI is InChI=1S/C20H38N4O3.HI/c1-4-27-18(17-7-5-6-8-17)9-11-21-20(23-14-19(25)24(2)3)22-13-16-10-12-26-15-16;/h16-18H,4-15H2,1-3H3,(H2,21,22,23);1H. The number of amides is 1. The lowest BCUT2D eigenvalue weighted by molar-refractivity contribution is -0.127. The van der Waals surface area contributed by atoms with Gasteiger partial charge in [0.05, 0.1) is 12.7 Å². The first-order valence-electron chi connectivity index (χ1n) is 10.5. The number of rotatable bonds is 10. The van der Waals surface area contributed by atoms with Gasteiger partial charge in [0.2, 0.25) is 5.91 Å². The number of carbonyl (C=O) groups excluding carboxylic acids is 1. The Bertz CT molecular complexity index is 464. The molecule has 0 aromatic rings. The fourth-order valence-corrected chi connectivity index (χ4v) is 3.78. The van der Waals surface area contributed by atoms with E-state index in [1.165, 1.54) is 25.7 Å². The van der Waals surface area contributed by atoms with Crippen LogP contribution in [0.4, 0.5) is 0 Å². The Labute approximate surface area is 187 Å². The van der Waals surface area contributed by atoms with Gasteiger partial charge in [-0.25, -0.2) is 4.99 Å². The summed E-state index contributed by atoms with van der Waals surface area (Å²) in [4.78, 5) is 17.9. The van der Waals surface area contributed by atoms with Crippen LogP contribution in [0.5, 0.6) is 0 Å². The molecule has 0 bridgehead atoms. The first-order chi connectivity index (χ1) is 13.1. The lowest BCUT2D eigenvalue weighted by Crippen LogP contribution is -2.42. The van der Waals surface area contributed by atoms with Gasteiger partial charge in [-0.15, -0.1) is 24.0 Å². The fraction of sp³-hybridized carbons (Fsp3) is 0.900. The van der Waals surface area contributed by atoms with Gasteiger partial charge in [0.1, 0.15) is 6.54 Å². The zero-order chi connectivity index (χ0) is 19.5. The van der Waals surface area contributed by atoms with Gasteiger partial charge in [0.25, 0.3) is 0 Å². The molecule has 2 aliphatic rings. The minimum absolute atomic E-state index is 0. The van der Waals surface area contributed by atoms with Crippen molar-refractivity contribution in [3.05, 3.63) is 0 Å². The van der Waals surface area contributed by atoms with E-state index in [0.29, 0.717) is 23.9 Å². The van der Waals surface area contributed by atoms with Crippen LogP contribution in [0.2, 0.25) is 0 Å². The van der Waals surface area contributed by atoms with Crippen LogP contribution in [0, 0.1) is 11.8 Å². The number of aliphatic imine (C=N–C) groups is 1. The normalized spacial score (nSPS) is 21.2. The lowest BCUT2D eigenvalue weighted by atomic mass is 9.98. The first kappa shape index (κ1) is 25.4. The van der Waals surface area contributed by atoms with Gasteiger partial charge >= 0.3 is 0 Å². The summed E-state index contributed by atoms with van der Waals surface area (Å²) in [5, 5.41) is 6.78. The summed E-state index contributed by atoms with van der Waals surface area (Å²) < 4.78 is 11.4. The number of hydrogen-bond acceptors (Lipinski definition) is 4. The van der Waals surface area contributed by atoms with E-state index in [-0.39, 0.29) is 36.4 Å². The smallest absolute Gasteiger partial charge is 0.243 e.